The number of hydrogen-bond donors (Lipinski definition) is 1. The Morgan fingerprint density at radius 1 is 1.24 bits per heavy atom. The van der Waals surface area contributed by atoms with Crippen molar-refractivity contribution in [3.63, 3.8) is 0 Å². The van der Waals surface area contributed by atoms with Crippen LogP contribution >= 0.6 is 23.4 Å². The first-order valence-corrected chi connectivity index (χ1v) is 8.25. The Morgan fingerprint density at radius 3 is 2.71 bits per heavy atom. The molecule has 2 aromatic carbocycles. The fourth-order valence-corrected chi connectivity index (χ4v) is 3.88. The van der Waals surface area contributed by atoms with E-state index < -0.39 is 0 Å². The number of alkyl halides is 1. The molecule has 1 N–H and O–H groups in total. The van der Waals surface area contributed by atoms with E-state index in [1.165, 1.54) is 10.5 Å². The normalized spacial score (nSPS) is 18.1. The lowest BCUT2D eigenvalue weighted by Gasteiger charge is -2.14. The molecule has 0 saturated heterocycles. The highest BCUT2D eigenvalue weighted by Crippen LogP contribution is 2.37. The fourth-order valence-electron chi connectivity index (χ4n) is 2.50. The summed E-state index contributed by atoms with van der Waals surface area (Å²) in [5, 5.41) is 2.83. The van der Waals surface area contributed by atoms with Crippen LogP contribution in [0.1, 0.15) is 23.4 Å². The molecule has 0 bridgehead atoms. The Morgan fingerprint density at radius 2 is 1.95 bits per heavy atom. The van der Waals surface area contributed by atoms with Crippen molar-refractivity contribution in [1.29, 1.82) is 0 Å². The molecule has 1 aliphatic heterocycles. The minimum Gasteiger partial charge on any atom is -0.325 e. The molecular formula is C17H16ClNOS. The zero-order chi connectivity index (χ0) is 14.8. The van der Waals surface area contributed by atoms with Crippen LogP contribution in [-0.4, -0.2) is 11.2 Å². The Labute approximate surface area is 133 Å². The highest BCUT2D eigenvalue weighted by atomic mass is 35.5. The molecule has 2 atom stereocenters. The molecule has 4 heteroatoms. The van der Waals surface area contributed by atoms with E-state index in [0.717, 1.165) is 17.7 Å². The van der Waals surface area contributed by atoms with Crippen LogP contribution in [0.3, 0.4) is 0 Å². The summed E-state index contributed by atoms with van der Waals surface area (Å²) in [6.07, 6.45) is 0.783. The third-order valence-corrected chi connectivity index (χ3v) is 5.14. The number of amides is 1. The lowest BCUT2D eigenvalue weighted by molar-refractivity contribution is -0.115. The fraction of sp³-hybridized carbons (Fsp3) is 0.235. The molecule has 1 aliphatic rings. The van der Waals surface area contributed by atoms with Gasteiger partial charge in [0.2, 0.25) is 5.91 Å². The first kappa shape index (κ1) is 14.5. The van der Waals surface area contributed by atoms with Crippen LogP contribution in [0.2, 0.25) is 0 Å². The van der Waals surface area contributed by atoms with Crippen molar-refractivity contribution in [2.45, 2.75) is 28.9 Å². The first-order chi connectivity index (χ1) is 10.1. The van der Waals surface area contributed by atoms with E-state index in [2.05, 4.69) is 17.4 Å². The summed E-state index contributed by atoms with van der Waals surface area (Å²) in [5.41, 5.74) is 3.01. The van der Waals surface area contributed by atoms with Crippen molar-refractivity contribution in [2.24, 2.45) is 0 Å². The molecule has 1 heterocycles. The largest absolute Gasteiger partial charge is 0.325 e. The van der Waals surface area contributed by atoms with E-state index in [4.69, 9.17) is 11.6 Å². The minimum atomic E-state index is -0.130. The molecule has 0 saturated carbocycles. The lowest BCUT2D eigenvalue weighted by Crippen LogP contribution is -2.25. The number of anilines is 1. The molecule has 0 aromatic heterocycles. The second kappa shape index (κ2) is 6.12. The molecule has 2 aromatic rings. The SMILES string of the molecule is CC(Cl)c1ccccc1NC(=O)C1Cc2ccccc2S1. The maximum atomic E-state index is 12.5. The van der Waals surface area contributed by atoms with E-state index in [1.807, 2.05) is 43.3 Å². The van der Waals surface area contributed by atoms with Gasteiger partial charge in [0.15, 0.2) is 0 Å². The van der Waals surface area contributed by atoms with Gasteiger partial charge in [0, 0.05) is 10.6 Å². The second-order valence-electron chi connectivity index (χ2n) is 5.11. The number of thioether (sulfide) groups is 1. The lowest BCUT2D eigenvalue weighted by atomic mass is 10.1. The predicted molar refractivity (Wildman–Crippen MR) is 89.1 cm³/mol. The van der Waals surface area contributed by atoms with Gasteiger partial charge in [-0.2, -0.15) is 0 Å². The van der Waals surface area contributed by atoms with Gasteiger partial charge in [-0.1, -0.05) is 36.4 Å². The van der Waals surface area contributed by atoms with Gasteiger partial charge in [-0.25, -0.2) is 0 Å². The van der Waals surface area contributed by atoms with E-state index >= 15 is 0 Å². The van der Waals surface area contributed by atoms with E-state index in [9.17, 15) is 4.79 Å². The zero-order valence-corrected chi connectivity index (χ0v) is 13.2. The third kappa shape index (κ3) is 3.09. The van der Waals surface area contributed by atoms with Crippen LogP contribution in [0.5, 0.6) is 0 Å². The minimum absolute atomic E-state index is 0.0426. The molecular weight excluding hydrogens is 302 g/mol. The molecule has 108 valence electrons. The first-order valence-electron chi connectivity index (χ1n) is 6.93. The van der Waals surface area contributed by atoms with Gasteiger partial charge in [-0.15, -0.1) is 23.4 Å². The van der Waals surface area contributed by atoms with Crippen molar-refractivity contribution in [3.8, 4) is 0 Å². The molecule has 0 fully saturated rings. The van der Waals surface area contributed by atoms with Crippen molar-refractivity contribution in [3.05, 3.63) is 59.7 Å². The summed E-state index contributed by atoms with van der Waals surface area (Å²) in [5.74, 6) is 0.0426. The highest BCUT2D eigenvalue weighted by Gasteiger charge is 2.28. The molecule has 0 spiro atoms. The summed E-state index contributed by atoms with van der Waals surface area (Å²) < 4.78 is 0. The number of benzene rings is 2. The summed E-state index contributed by atoms with van der Waals surface area (Å²) >= 11 is 7.80. The molecule has 21 heavy (non-hydrogen) atoms. The number of rotatable bonds is 3. The van der Waals surface area contributed by atoms with Crippen molar-refractivity contribution in [1.82, 2.24) is 0 Å². The van der Waals surface area contributed by atoms with Crippen LogP contribution in [0.25, 0.3) is 0 Å². The van der Waals surface area contributed by atoms with Gasteiger partial charge < -0.3 is 5.32 Å². The van der Waals surface area contributed by atoms with Gasteiger partial charge in [0.25, 0.3) is 0 Å². The Bertz CT molecular complexity index is 646. The molecule has 2 nitrogen and oxygen atoms in total. The van der Waals surface area contributed by atoms with Gasteiger partial charge in [-0.3, -0.25) is 4.79 Å². The average molecular weight is 318 g/mol. The maximum Gasteiger partial charge on any atom is 0.238 e. The van der Waals surface area contributed by atoms with Crippen LogP contribution in [0.4, 0.5) is 5.69 Å². The monoisotopic (exact) mass is 317 g/mol. The molecule has 0 aliphatic carbocycles. The van der Waals surface area contributed by atoms with Crippen molar-refractivity contribution in [2.75, 3.05) is 5.32 Å². The van der Waals surface area contributed by atoms with Crippen LogP contribution in [-0.2, 0) is 11.2 Å². The Hall–Kier alpha value is -1.45. The van der Waals surface area contributed by atoms with Crippen molar-refractivity contribution < 1.29 is 4.79 Å². The smallest absolute Gasteiger partial charge is 0.238 e. The van der Waals surface area contributed by atoms with Crippen LogP contribution in [0, 0.1) is 0 Å². The summed E-state index contributed by atoms with van der Waals surface area (Å²) in [6.45, 7) is 1.91. The van der Waals surface area contributed by atoms with E-state index in [1.54, 1.807) is 11.8 Å². The van der Waals surface area contributed by atoms with Gasteiger partial charge in [0.05, 0.1) is 10.6 Å². The maximum absolute atomic E-state index is 12.5. The Balaban J connectivity index is 1.74. The van der Waals surface area contributed by atoms with Gasteiger partial charge >= 0.3 is 0 Å². The second-order valence-corrected chi connectivity index (χ2v) is 7.01. The average Bonchev–Trinajstić information content (AvgIpc) is 2.91. The van der Waals surface area contributed by atoms with Crippen molar-refractivity contribution >= 4 is 35.0 Å². The number of carbonyl (C=O) groups is 1. The third-order valence-electron chi connectivity index (χ3n) is 3.59. The standard InChI is InChI=1S/C17H16ClNOS/c1-11(18)13-7-3-4-8-14(13)19-17(20)16-10-12-6-2-5-9-15(12)21-16/h2-9,11,16H,10H2,1H3,(H,19,20). The highest BCUT2D eigenvalue weighted by molar-refractivity contribution is 8.01. The zero-order valence-electron chi connectivity index (χ0n) is 11.7. The predicted octanol–water partition coefficient (Wildman–Crippen LogP) is 4.64. The number of halogens is 1. The van der Waals surface area contributed by atoms with E-state index in [-0.39, 0.29) is 16.5 Å². The van der Waals surface area contributed by atoms with Crippen LogP contribution in [0.15, 0.2) is 53.4 Å². The number of fused-ring (bicyclic) bond motifs is 1. The van der Waals surface area contributed by atoms with E-state index in [0.29, 0.717) is 0 Å². The molecule has 0 radical (unpaired) electrons. The quantitative estimate of drug-likeness (QED) is 0.835. The van der Waals surface area contributed by atoms with Gasteiger partial charge in [0.1, 0.15) is 0 Å². The van der Waals surface area contributed by atoms with Crippen LogP contribution < -0.4 is 5.32 Å². The number of para-hydroxylation sites is 1. The Kier molecular flexibility index (Phi) is 4.22. The van der Waals surface area contributed by atoms with Gasteiger partial charge in [-0.05, 0) is 36.6 Å². The molecule has 2 unspecified atom stereocenters. The summed E-state index contributed by atoms with van der Waals surface area (Å²) in [6, 6.07) is 15.9. The summed E-state index contributed by atoms with van der Waals surface area (Å²) in [7, 11) is 0. The number of carbonyl (C=O) groups excluding carboxylic acids is 1. The summed E-state index contributed by atoms with van der Waals surface area (Å²) in [4.78, 5) is 13.7. The number of hydrogen-bond acceptors (Lipinski definition) is 2. The number of nitrogens with one attached hydrogen (secondary N) is 1. The topological polar surface area (TPSA) is 29.1 Å². The molecule has 1 amide bonds. The molecule has 3 rings (SSSR count).